The molecule has 13 nitrogen and oxygen atoms in total. The lowest BCUT2D eigenvalue weighted by Crippen LogP contribution is -2.56. The van der Waals surface area contributed by atoms with E-state index in [1.54, 1.807) is 90.7 Å². The predicted octanol–water partition coefficient (Wildman–Crippen LogP) is 3.67. The molecule has 5 N–H and O–H groups in total. The second-order valence-corrected chi connectivity index (χ2v) is 14.4. The minimum absolute atomic E-state index is 0.0444. The molecule has 0 heterocycles. The molecule has 0 aromatic heterocycles. The number of carbonyl (C=O) groups excluding carboxylic acids is 5. The van der Waals surface area contributed by atoms with Gasteiger partial charge in [-0.1, -0.05) is 56.3 Å². The van der Waals surface area contributed by atoms with Gasteiger partial charge in [-0.15, -0.1) is 0 Å². The zero-order valence-electron chi connectivity index (χ0n) is 33.1. The number of nitrogens with one attached hydrogen (secondary N) is 5. The molecule has 0 aliphatic rings. The van der Waals surface area contributed by atoms with Crippen molar-refractivity contribution in [3.8, 4) is 0 Å². The average Bonchev–Trinajstić information content (AvgIpc) is 3.18. The summed E-state index contributed by atoms with van der Waals surface area (Å²) in [7, 11) is 6.48. The number of thiocarbonyl (C=S) groups is 1. The van der Waals surface area contributed by atoms with Crippen LogP contribution in [-0.4, -0.2) is 107 Å². The zero-order chi connectivity index (χ0) is 40.3. The Hall–Kier alpha value is -4.40. The summed E-state index contributed by atoms with van der Waals surface area (Å²) in [5.74, 6) is -1.33. The largest absolute Gasteiger partial charge is 0.363 e. The second-order valence-electron chi connectivity index (χ2n) is 14.0. The maximum atomic E-state index is 14.0. The fraction of sp³-hybridized carbons (Fsp3) is 0.550. The molecule has 0 bridgehead atoms. The van der Waals surface area contributed by atoms with Crippen molar-refractivity contribution in [2.75, 3.05) is 61.0 Å². The first-order chi connectivity index (χ1) is 25.6. The Morgan fingerprint density at radius 1 is 0.722 bits per heavy atom. The molecule has 2 rings (SSSR count). The van der Waals surface area contributed by atoms with Crippen molar-refractivity contribution in [1.29, 1.82) is 0 Å². The SMILES string of the molecule is CCC(C)(C(=O)NCCCNC(=O)c1ccc(C(=O)c2ccccc2)cc1)C(C)(CCC(C)C(=O)N(C)C)C(=O)NCCCNC(=S)NCC(OC)OC. The van der Waals surface area contributed by atoms with Crippen LogP contribution in [0.25, 0.3) is 0 Å². The normalized spacial score (nSPS) is 13.8. The number of hydrogen-bond acceptors (Lipinski definition) is 8. The van der Waals surface area contributed by atoms with Crippen molar-refractivity contribution in [2.24, 2.45) is 16.7 Å². The van der Waals surface area contributed by atoms with Gasteiger partial charge < -0.3 is 41.0 Å². The maximum absolute atomic E-state index is 14.0. The number of hydrogen-bond donors (Lipinski definition) is 5. The monoisotopic (exact) mass is 768 g/mol. The molecule has 0 aliphatic heterocycles. The van der Waals surface area contributed by atoms with E-state index in [1.165, 1.54) is 4.90 Å². The fourth-order valence-electron chi connectivity index (χ4n) is 6.02. The molecule has 0 aliphatic carbocycles. The quantitative estimate of drug-likeness (QED) is 0.0488. The van der Waals surface area contributed by atoms with Crippen molar-refractivity contribution >= 4 is 46.7 Å². The summed E-state index contributed by atoms with van der Waals surface area (Å²) in [4.78, 5) is 67.6. The number of benzene rings is 2. The van der Waals surface area contributed by atoms with Gasteiger partial charge in [0.25, 0.3) is 5.91 Å². The zero-order valence-corrected chi connectivity index (χ0v) is 34.0. The first-order valence-corrected chi connectivity index (χ1v) is 18.9. The third kappa shape index (κ3) is 13.2. The minimum atomic E-state index is -1.14. The smallest absolute Gasteiger partial charge is 0.251 e. The highest BCUT2D eigenvalue weighted by atomic mass is 32.1. The summed E-state index contributed by atoms with van der Waals surface area (Å²) in [6.07, 6.45) is 1.72. The van der Waals surface area contributed by atoms with Gasteiger partial charge in [0, 0.05) is 77.1 Å². The van der Waals surface area contributed by atoms with Crippen LogP contribution in [0.2, 0.25) is 0 Å². The molecule has 0 spiro atoms. The second kappa shape index (κ2) is 22.7. The summed E-state index contributed by atoms with van der Waals surface area (Å²) in [6.45, 7) is 9.13. The van der Waals surface area contributed by atoms with Gasteiger partial charge in [0.1, 0.15) is 0 Å². The maximum Gasteiger partial charge on any atom is 0.251 e. The van der Waals surface area contributed by atoms with E-state index in [9.17, 15) is 24.0 Å². The molecule has 3 unspecified atom stereocenters. The summed E-state index contributed by atoms with van der Waals surface area (Å²) in [5.41, 5.74) is -0.769. The van der Waals surface area contributed by atoms with Gasteiger partial charge in [0.15, 0.2) is 17.2 Å². The highest BCUT2D eigenvalue weighted by molar-refractivity contribution is 7.80. The van der Waals surface area contributed by atoms with Crippen LogP contribution in [-0.2, 0) is 23.9 Å². The molecule has 0 saturated heterocycles. The average molecular weight is 769 g/mol. The molecule has 54 heavy (non-hydrogen) atoms. The summed E-state index contributed by atoms with van der Waals surface area (Å²) >= 11 is 5.31. The first-order valence-electron chi connectivity index (χ1n) is 18.5. The van der Waals surface area contributed by atoms with Gasteiger partial charge in [-0.05, 0) is 70.3 Å². The van der Waals surface area contributed by atoms with Gasteiger partial charge in [0.2, 0.25) is 17.7 Å². The van der Waals surface area contributed by atoms with Crippen LogP contribution in [0.3, 0.4) is 0 Å². The van der Waals surface area contributed by atoms with Gasteiger partial charge in [0.05, 0.1) is 17.4 Å². The van der Waals surface area contributed by atoms with Crippen molar-refractivity contribution < 1.29 is 33.4 Å². The van der Waals surface area contributed by atoms with Crippen LogP contribution in [0, 0.1) is 16.7 Å². The molecular formula is C40H60N6O7S. The predicted molar refractivity (Wildman–Crippen MR) is 214 cm³/mol. The van der Waals surface area contributed by atoms with Crippen LogP contribution in [0.5, 0.6) is 0 Å². The number of rotatable bonds is 23. The van der Waals surface area contributed by atoms with Gasteiger partial charge in [-0.25, -0.2) is 0 Å². The number of nitrogens with zero attached hydrogens (tertiary/aromatic N) is 1. The molecule has 0 fully saturated rings. The summed E-state index contributed by atoms with van der Waals surface area (Å²) < 4.78 is 10.3. The molecule has 0 radical (unpaired) electrons. The third-order valence-corrected chi connectivity index (χ3v) is 10.4. The lowest BCUT2D eigenvalue weighted by Gasteiger charge is -2.44. The number of carbonyl (C=O) groups is 5. The van der Waals surface area contributed by atoms with E-state index in [2.05, 4.69) is 26.6 Å². The van der Waals surface area contributed by atoms with Crippen LogP contribution in [0.4, 0.5) is 0 Å². The highest BCUT2D eigenvalue weighted by Gasteiger charge is 2.53. The Morgan fingerprint density at radius 2 is 1.22 bits per heavy atom. The molecule has 2 aromatic carbocycles. The molecular weight excluding hydrogens is 709 g/mol. The van der Waals surface area contributed by atoms with Crippen LogP contribution >= 0.6 is 12.2 Å². The highest BCUT2D eigenvalue weighted by Crippen LogP contribution is 2.46. The summed E-state index contributed by atoms with van der Waals surface area (Å²) in [5, 5.41) is 15.4. The van der Waals surface area contributed by atoms with E-state index >= 15 is 0 Å². The lowest BCUT2D eigenvalue weighted by atomic mass is 9.60. The number of methoxy groups -OCH3 is 2. The number of amides is 4. The first kappa shape index (κ1) is 45.8. The number of ketones is 1. The molecule has 3 atom stereocenters. The van der Waals surface area contributed by atoms with Crippen molar-refractivity contribution in [2.45, 2.75) is 66.1 Å². The molecule has 2 aromatic rings. The fourth-order valence-corrected chi connectivity index (χ4v) is 6.20. The van der Waals surface area contributed by atoms with Crippen molar-refractivity contribution in [3.05, 3.63) is 71.3 Å². The Labute approximate surface area is 326 Å². The van der Waals surface area contributed by atoms with E-state index in [0.717, 1.165) is 0 Å². The van der Waals surface area contributed by atoms with Gasteiger partial charge >= 0.3 is 0 Å². The Balaban J connectivity index is 1.99. The number of ether oxygens (including phenoxy) is 2. The molecule has 14 heteroatoms. The van der Waals surface area contributed by atoms with Crippen LogP contribution in [0.1, 0.15) is 86.1 Å². The van der Waals surface area contributed by atoms with Crippen LogP contribution < -0.4 is 26.6 Å². The van der Waals surface area contributed by atoms with E-state index < -0.39 is 17.1 Å². The van der Waals surface area contributed by atoms with E-state index in [1.807, 2.05) is 19.9 Å². The summed E-state index contributed by atoms with van der Waals surface area (Å²) in [6, 6.07) is 15.4. The molecule has 298 valence electrons. The van der Waals surface area contributed by atoms with Crippen LogP contribution in [0.15, 0.2) is 54.6 Å². The lowest BCUT2D eigenvalue weighted by molar-refractivity contribution is -0.151. The van der Waals surface area contributed by atoms with Crippen molar-refractivity contribution in [3.63, 3.8) is 0 Å². The van der Waals surface area contributed by atoms with Gasteiger partial charge in [-0.2, -0.15) is 0 Å². The Morgan fingerprint density at radius 3 is 1.76 bits per heavy atom. The van der Waals surface area contributed by atoms with E-state index in [4.69, 9.17) is 21.7 Å². The Kier molecular flexibility index (Phi) is 19.3. The minimum Gasteiger partial charge on any atom is -0.363 e. The van der Waals surface area contributed by atoms with Crippen molar-refractivity contribution in [1.82, 2.24) is 31.5 Å². The molecule has 4 amide bonds. The molecule has 0 saturated carbocycles. The van der Waals surface area contributed by atoms with E-state index in [0.29, 0.717) is 80.1 Å². The van der Waals surface area contributed by atoms with E-state index in [-0.39, 0.29) is 41.9 Å². The third-order valence-electron chi connectivity index (χ3n) is 10.1. The standard InChI is InChI=1S/C40H60N6O7S/c1-9-39(3,36(50)42-24-13-23-41-34(48)31-19-17-30(18-20-31)33(47)29-15-11-10-12-16-29)40(4,22-21-28(2)35(49)46(5)6)37(51)43-25-14-26-44-38(54)45-27-32(52-7)53-8/h10-12,15-20,28,32H,9,13-14,21-27H2,1-8H3,(H,41,48)(H,42,50)(H,43,51)(H2,44,45,54). The van der Waals surface area contributed by atoms with Gasteiger partial charge in [-0.3, -0.25) is 24.0 Å². The topological polar surface area (TPSA) is 167 Å². The Bertz CT molecular complexity index is 1540.